The van der Waals surface area contributed by atoms with Gasteiger partial charge in [-0.1, -0.05) is 13.8 Å². The lowest BCUT2D eigenvalue weighted by molar-refractivity contribution is -0.121. The van der Waals surface area contributed by atoms with E-state index in [0.717, 1.165) is 18.7 Å². The maximum absolute atomic E-state index is 11.6. The zero-order valence-electron chi connectivity index (χ0n) is 10.8. The van der Waals surface area contributed by atoms with Gasteiger partial charge in [0.25, 0.3) is 0 Å². The predicted octanol–water partition coefficient (Wildman–Crippen LogP) is 2.23. The fraction of sp³-hybridized carbons (Fsp3) is 0.615. The second kappa shape index (κ2) is 7.12. The number of nitrogens with one attached hydrogen (secondary N) is 2. The molecule has 0 aliphatic rings. The largest absolute Gasteiger partial charge is 0.467 e. The Hall–Kier alpha value is -1.29. The number of furan rings is 1. The molecule has 0 aliphatic heterocycles. The molecule has 1 rings (SSSR count). The molecule has 1 amide bonds. The summed E-state index contributed by atoms with van der Waals surface area (Å²) < 4.78 is 5.23. The van der Waals surface area contributed by atoms with E-state index in [1.165, 1.54) is 0 Å². The van der Waals surface area contributed by atoms with Gasteiger partial charge in [0.05, 0.1) is 12.3 Å². The third kappa shape index (κ3) is 5.54. The van der Waals surface area contributed by atoms with Gasteiger partial charge in [-0.2, -0.15) is 0 Å². The molecule has 96 valence electrons. The molecule has 4 nitrogen and oxygen atoms in total. The summed E-state index contributed by atoms with van der Waals surface area (Å²) >= 11 is 0. The molecule has 0 saturated heterocycles. The lowest BCUT2D eigenvalue weighted by Crippen LogP contribution is -2.28. The Morgan fingerprint density at radius 1 is 1.41 bits per heavy atom. The minimum atomic E-state index is -0.0597. The fourth-order valence-electron chi connectivity index (χ4n) is 1.56. The van der Waals surface area contributed by atoms with Crippen LogP contribution in [0.5, 0.6) is 0 Å². The molecule has 1 heterocycles. The molecular formula is C13H22N2O2. The van der Waals surface area contributed by atoms with Gasteiger partial charge in [-0.25, -0.2) is 0 Å². The Labute approximate surface area is 103 Å². The number of hydrogen-bond acceptors (Lipinski definition) is 3. The molecule has 0 fully saturated rings. The zero-order valence-corrected chi connectivity index (χ0v) is 10.8. The van der Waals surface area contributed by atoms with Crippen LogP contribution in [0, 0.1) is 0 Å². The normalized spacial score (nSPS) is 12.7. The summed E-state index contributed by atoms with van der Waals surface area (Å²) in [6, 6.07) is 4.10. The SMILES string of the molecule is CC(C)NCCCC(=O)N[C@@H](C)c1ccco1. The van der Waals surface area contributed by atoms with E-state index in [4.69, 9.17) is 4.42 Å². The predicted molar refractivity (Wildman–Crippen MR) is 67.6 cm³/mol. The molecule has 0 bridgehead atoms. The fourth-order valence-corrected chi connectivity index (χ4v) is 1.56. The van der Waals surface area contributed by atoms with E-state index in [1.807, 2.05) is 19.1 Å². The van der Waals surface area contributed by atoms with E-state index in [1.54, 1.807) is 6.26 Å². The van der Waals surface area contributed by atoms with Crippen LogP contribution in [0.25, 0.3) is 0 Å². The zero-order chi connectivity index (χ0) is 12.7. The van der Waals surface area contributed by atoms with Gasteiger partial charge in [0.2, 0.25) is 5.91 Å². The van der Waals surface area contributed by atoms with E-state index in [2.05, 4.69) is 24.5 Å². The minimum Gasteiger partial charge on any atom is -0.467 e. The molecule has 17 heavy (non-hydrogen) atoms. The third-order valence-electron chi connectivity index (χ3n) is 2.48. The maximum atomic E-state index is 11.6. The van der Waals surface area contributed by atoms with Crippen molar-refractivity contribution < 1.29 is 9.21 Å². The van der Waals surface area contributed by atoms with E-state index in [-0.39, 0.29) is 11.9 Å². The van der Waals surface area contributed by atoms with E-state index >= 15 is 0 Å². The van der Waals surface area contributed by atoms with Crippen molar-refractivity contribution in [2.75, 3.05) is 6.54 Å². The van der Waals surface area contributed by atoms with Crippen LogP contribution in [-0.4, -0.2) is 18.5 Å². The molecule has 1 aromatic rings. The number of hydrogen-bond donors (Lipinski definition) is 2. The highest BCUT2D eigenvalue weighted by molar-refractivity contribution is 5.76. The Morgan fingerprint density at radius 3 is 2.76 bits per heavy atom. The van der Waals surface area contributed by atoms with Gasteiger partial charge in [0, 0.05) is 12.5 Å². The topological polar surface area (TPSA) is 54.3 Å². The molecule has 0 radical (unpaired) electrons. The van der Waals surface area contributed by atoms with Gasteiger partial charge < -0.3 is 15.1 Å². The van der Waals surface area contributed by atoms with Gasteiger partial charge >= 0.3 is 0 Å². The van der Waals surface area contributed by atoms with Crippen LogP contribution in [0.3, 0.4) is 0 Å². The summed E-state index contributed by atoms with van der Waals surface area (Å²) in [5.41, 5.74) is 0. The highest BCUT2D eigenvalue weighted by Gasteiger charge is 2.11. The molecule has 0 saturated carbocycles. The van der Waals surface area contributed by atoms with Gasteiger partial charge in [-0.05, 0) is 32.0 Å². The highest BCUT2D eigenvalue weighted by atomic mass is 16.3. The molecule has 0 aromatic carbocycles. The summed E-state index contributed by atoms with van der Waals surface area (Å²) in [5, 5.41) is 6.19. The maximum Gasteiger partial charge on any atom is 0.220 e. The van der Waals surface area contributed by atoms with Crippen LogP contribution in [0.15, 0.2) is 22.8 Å². The van der Waals surface area contributed by atoms with Crippen molar-refractivity contribution in [2.45, 2.75) is 45.7 Å². The first kappa shape index (κ1) is 13.8. The first-order chi connectivity index (χ1) is 8.09. The minimum absolute atomic E-state index is 0.0597. The molecule has 0 unspecified atom stereocenters. The lowest BCUT2D eigenvalue weighted by Gasteiger charge is -2.12. The van der Waals surface area contributed by atoms with Crippen LogP contribution in [-0.2, 0) is 4.79 Å². The van der Waals surface area contributed by atoms with Gasteiger partial charge in [-0.3, -0.25) is 4.79 Å². The smallest absolute Gasteiger partial charge is 0.220 e. The molecule has 0 aliphatic carbocycles. The Morgan fingerprint density at radius 2 is 2.18 bits per heavy atom. The summed E-state index contributed by atoms with van der Waals surface area (Å²) in [7, 11) is 0. The summed E-state index contributed by atoms with van der Waals surface area (Å²) in [5.74, 6) is 0.859. The Kier molecular flexibility index (Phi) is 5.77. The average molecular weight is 238 g/mol. The molecular weight excluding hydrogens is 216 g/mol. The highest BCUT2D eigenvalue weighted by Crippen LogP contribution is 2.12. The molecule has 2 N–H and O–H groups in total. The number of carbonyl (C=O) groups excluding carboxylic acids is 1. The first-order valence-electron chi connectivity index (χ1n) is 6.15. The Balaban J connectivity index is 2.17. The molecule has 1 aromatic heterocycles. The van der Waals surface area contributed by atoms with Crippen LogP contribution in [0.2, 0.25) is 0 Å². The second-order valence-electron chi connectivity index (χ2n) is 4.52. The van der Waals surface area contributed by atoms with Gasteiger partial charge in [0.15, 0.2) is 0 Å². The third-order valence-corrected chi connectivity index (χ3v) is 2.48. The number of carbonyl (C=O) groups is 1. The number of amides is 1. The van der Waals surface area contributed by atoms with E-state index < -0.39 is 0 Å². The van der Waals surface area contributed by atoms with Crippen molar-refractivity contribution in [1.82, 2.24) is 10.6 Å². The number of rotatable bonds is 7. The van der Waals surface area contributed by atoms with E-state index in [0.29, 0.717) is 12.5 Å². The standard InChI is InChI=1S/C13H22N2O2/c1-10(2)14-8-4-7-13(16)15-11(3)12-6-5-9-17-12/h5-6,9-11,14H,4,7-8H2,1-3H3,(H,15,16)/t11-/m0/s1. The van der Waals surface area contributed by atoms with Crippen molar-refractivity contribution in [3.8, 4) is 0 Å². The van der Waals surface area contributed by atoms with E-state index in [9.17, 15) is 4.79 Å². The van der Waals surface area contributed by atoms with Crippen LogP contribution in [0.1, 0.15) is 45.4 Å². The average Bonchev–Trinajstić information content (AvgIpc) is 2.77. The van der Waals surface area contributed by atoms with Crippen molar-refractivity contribution >= 4 is 5.91 Å². The quantitative estimate of drug-likeness (QED) is 0.716. The van der Waals surface area contributed by atoms with Crippen molar-refractivity contribution in [1.29, 1.82) is 0 Å². The first-order valence-corrected chi connectivity index (χ1v) is 6.15. The van der Waals surface area contributed by atoms with Crippen LogP contribution >= 0.6 is 0 Å². The van der Waals surface area contributed by atoms with Gasteiger partial charge in [0.1, 0.15) is 5.76 Å². The summed E-state index contributed by atoms with van der Waals surface area (Å²) in [6.07, 6.45) is 3.02. The van der Waals surface area contributed by atoms with Gasteiger partial charge in [-0.15, -0.1) is 0 Å². The summed E-state index contributed by atoms with van der Waals surface area (Å²) in [6.45, 7) is 6.99. The lowest BCUT2D eigenvalue weighted by atomic mass is 10.2. The molecule has 1 atom stereocenters. The molecule has 0 spiro atoms. The van der Waals surface area contributed by atoms with Crippen molar-refractivity contribution in [3.05, 3.63) is 24.2 Å². The van der Waals surface area contributed by atoms with Crippen LogP contribution in [0.4, 0.5) is 0 Å². The van der Waals surface area contributed by atoms with Crippen molar-refractivity contribution in [2.24, 2.45) is 0 Å². The Bertz CT molecular complexity index is 320. The van der Waals surface area contributed by atoms with Crippen LogP contribution < -0.4 is 10.6 Å². The van der Waals surface area contributed by atoms with Crippen molar-refractivity contribution in [3.63, 3.8) is 0 Å². The second-order valence-corrected chi connectivity index (χ2v) is 4.52. The summed E-state index contributed by atoms with van der Waals surface area (Å²) in [4.78, 5) is 11.6. The molecule has 4 heteroatoms. The monoisotopic (exact) mass is 238 g/mol.